The van der Waals surface area contributed by atoms with Gasteiger partial charge in [0.05, 0.1) is 0 Å². The molecular weight excluding hydrogens is 226 g/mol. The Morgan fingerprint density at radius 3 is 1.64 bits per heavy atom. The third kappa shape index (κ3) is 18.0. The first-order valence-corrected chi connectivity index (χ1v) is 1.32. The molecule has 0 saturated heterocycles. The molecule has 0 unspecified atom stereocenters. The zero-order valence-electron chi connectivity index (χ0n) is 6.58. The van der Waals surface area contributed by atoms with Crippen molar-refractivity contribution in [1.82, 2.24) is 0 Å². The van der Waals surface area contributed by atoms with Crippen molar-refractivity contribution >= 4 is 28.4 Å². The topological polar surface area (TPSA) is 63.6 Å². The van der Waals surface area contributed by atoms with Gasteiger partial charge in [0, 0.05) is 42.6 Å². The van der Waals surface area contributed by atoms with E-state index in [1.807, 2.05) is 0 Å². The Kier molecular flexibility index (Phi) is 46.1. The number of carboxylic acid groups (broad SMARTS) is 1. The van der Waals surface area contributed by atoms with Crippen molar-refractivity contribution in [2.45, 2.75) is 0 Å². The summed E-state index contributed by atoms with van der Waals surface area (Å²) in [7, 11) is 4.14. The van der Waals surface area contributed by atoms with Crippen LogP contribution in [-0.2, 0) is 48.4 Å². The average Bonchev–Trinajstić information content (AvgIpc) is 1.65. The quantitative estimate of drug-likeness (QED) is 0.335. The largest absolute Gasteiger partial charge is 1.00 e. The van der Waals surface area contributed by atoms with Gasteiger partial charge in [-0.05, 0) is 0 Å². The molecule has 55 valence electrons. The minimum atomic E-state index is -1.69. The molecule has 0 amide bonds. The van der Waals surface area contributed by atoms with Crippen molar-refractivity contribution in [3.8, 4) is 0 Å². The van der Waals surface area contributed by atoms with E-state index >= 15 is 0 Å². The van der Waals surface area contributed by atoms with Gasteiger partial charge in [0.15, 0.2) is 0 Å². The molecule has 0 spiro atoms. The van der Waals surface area contributed by atoms with Crippen LogP contribution in [0.15, 0.2) is 0 Å². The fraction of sp³-hybridized carbons (Fsp3) is 0. The predicted molar refractivity (Wildman–Crippen MR) is 26.3 cm³/mol. The second-order valence-corrected chi connectivity index (χ2v) is 0.710. The first-order chi connectivity index (χ1) is 3.18. The van der Waals surface area contributed by atoms with Gasteiger partial charge in [-0.15, -0.1) is 0 Å². The molecule has 0 atom stereocenters. The van der Waals surface area contributed by atoms with E-state index in [4.69, 9.17) is 5.11 Å². The van der Waals surface area contributed by atoms with E-state index in [1.54, 1.807) is 0 Å². The summed E-state index contributed by atoms with van der Waals surface area (Å²) in [5.74, 6) is -3.15. The van der Waals surface area contributed by atoms with Gasteiger partial charge in [0.25, 0.3) is 0 Å². The van der Waals surface area contributed by atoms with E-state index in [-0.39, 0.29) is 62.8 Å². The molecule has 0 aromatic carbocycles. The Bertz CT molecular complexity index is 117. The minimum absolute atomic E-state index is 0. The van der Waals surface area contributed by atoms with E-state index < -0.39 is 11.9 Å². The van der Waals surface area contributed by atoms with Gasteiger partial charge in [0.1, 0.15) is 0 Å². The van der Waals surface area contributed by atoms with Gasteiger partial charge in [-0.1, -0.05) is 0 Å². The second-order valence-electron chi connectivity index (χ2n) is 0.710. The molecule has 0 aromatic heterocycles. The van der Waals surface area contributed by atoms with E-state index in [2.05, 4.69) is 12.7 Å². The molecule has 0 aromatic rings. The number of carboxylic acids is 1. The predicted octanol–water partition coefficient (Wildman–Crippen LogP) is -4.57. The van der Waals surface area contributed by atoms with Crippen LogP contribution in [0.5, 0.6) is 0 Å². The number of carbonyl (C=O) groups is 2. The summed E-state index contributed by atoms with van der Waals surface area (Å²) in [5, 5.41) is 7.63. The molecular formula is C2H2B2LiMn2O4. The fourth-order valence-corrected chi connectivity index (χ4v) is 0.0504. The summed E-state index contributed by atoms with van der Waals surface area (Å²) in [6.45, 7) is 0. The molecule has 7 radical (unpaired) electrons. The number of hydrogen-bond donors (Lipinski definition) is 1. The van der Waals surface area contributed by atoms with E-state index in [0.717, 1.165) is 0 Å². The third-order valence-corrected chi connectivity index (χ3v) is 0.282. The van der Waals surface area contributed by atoms with Crippen LogP contribution in [0, 0.1) is 0 Å². The van der Waals surface area contributed by atoms with Crippen molar-refractivity contribution in [2.75, 3.05) is 0 Å². The maximum absolute atomic E-state index is 9.56. The maximum atomic E-state index is 9.56. The molecule has 0 fully saturated rings. The minimum Gasteiger partial charge on any atom is -1.00 e. The van der Waals surface area contributed by atoms with E-state index in [9.17, 15) is 9.59 Å². The molecule has 1 N–H and O–H groups in total. The normalized spacial score (nSPS) is 4.73. The van der Waals surface area contributed by atoms with Crippen LogP contribution in [0.3, 0.4) is 0 Å². The van der Waals surface area contributed by atoms with Crippen LogP contribution >= 0.6 is 0 Å². The molecule has 4 nitrogen and oxygen atoms in total. The van der Waals surface area contributed by atoms with Crippen molar-refractivity contribution < 1.29 is 73.8 Å². The standard InChI is InChI=1S/C2HBO4.B.Li.2Mn.H/c3-7-2(6)1(4)5;;;;;/h(H,4,5);;;;;/q;;+1;;;-1. The Morgan fingerprint density at radius 2 is 1.64 bits per heavy atom. The molecule has 0 rings (SSSR count). The Labute approximate surface area is 102 Å². The summed E-state index contributed by atoms with van der Waals surface area (Å²) in [6, 6.07) is 0. The smallest absolute Gasteiger partial charge is 1.00 e. The van der Waals surface area contributed by atoms with Gasteiger partial charge < -0.3 is 11.2 Å². The first-order valence-electron chi connectivity index (χ1n) is 1.32. The van der Waals surface area contributed by atoms with Crippen LogP contribution < -0.4 is 18.9 Å². The van der Waals surface area contributed by atoms with Crippen molar-refractivity contribution in [3.05, 3.63) is 0 Å². The summed E-state index contributed by atoms with van der Waals surface area (Å²) >= 11 is 0. The Balaban J connectivity index is -0.0000000180. The van der Waals surface area contributed by atoms with Crippen molar-refractivity contribution in [3.63, 3.8) is 0 Å². The number of hydrogen-bond acceptors (Lipinski definition) is 3. The van der Waals surface area contributed by atoms with Crippen molar-refractivity contribution in [1.29, 1.82) is 0 Å². The third-order valence-electron chi connectivity index (χ3n) is 0.282. The number of carbonyl (C=O) groups excluding carboxylic acids is 1. The van der Waals surface area contributed by atoms with Gasteiger partial charge in [-0.3, -0.25) is 0 Å². The summed E-state index contributed by atoms with van der Waals surface area (Å²) in [4.78, 5) is 18.9. The molecule has 9 heteroatoms. The Hall–Kier alpha value is 0.706. The Morgan fingerprint density at radius 1 is 1.36 bits per heavy atom. The average molecular weight is 228 g/mol. The van der Waals surface area contributed by atoms with Gasteiger partial charge in [0.2, 0.25) is 0 Å². The number of rotatable bonds is 0. The molecule has 0 heterocycles. The fourth-order valence-electron chi connectivity index (χ4n) is 0.0504. The van der Waals surface area contributed by atoms with E-state index in [1.165, 1.54) is 0 Å². The van der Waals surface area contributed by atoms with E-state index in [0.29, 0.717) is 0 Å². The van der Waals surface area contributed by atoms with Gasteiger partial charge in [-0.2, -0.15) is 0 Å². The summed E-state index contributed by atoms with van der Waals surface area (Å²) in [6.07, 6.45) is 0. The van der Waals surface area contributed by atoms with Crippen LogP contribution in [0.1, 0.15) is 1.43 Å². The van der Waals surface area contributed by atoms with Crippen LogP contribution in [0.25, 0.3) is 0 Å². The maximum Gasteiger partial charge on any atom is 1.00 e. The summed E-state index contributed by atoms with van der Waals surface area (Å²) in [5.41, 5.74) is 0. The molecule has 11 heavy (non-hydrogen) atoms. The first kappa shape index (κ1) is 29.8. The van der Waals surface area contributed by atoms with Crippen molar-refractivity contribution in [2.24, 2.45) is 0 Å². The SMILES string of the molecule is [B].[B]OC(=O)C(=O)O.[H-].[Li+].[Mn].[Mn]. The van der Waals surface area contributed by atoms with Crippen LogP contribution in [0.4, 0.5) is 0 Å². The molecule has 0 aliphatic carbocycles. The zero-order chi connectivity index (χ0) is 5.86. The monoisotopic (exact) mass is 229 g/mol. The molecule has 0 saturated carbocycles. The molecule has 0 bridgehead atoms. The van der Waals surface area contributed by atoms with Crippen LogP contribution in [0.2, 0.25) is 0 Å². The molecule has 0 aliphatic heterocycles. The van der Waals surface area contributed by atoms with Gasteiger partial charge in [-0.25, -0.2) is 9.59 Å². The molecule has 0 aliphatic rings. The van der Waals surface area contributed by atoms with Gasteiger partial charge >= 0.3 is 38.8 Å². The zero-order valence-corrected chi connectivity index (χ0v) is 7.94. The second kappa shape index (κ2) is 17.0. The van der Waals surface area contributed by atoms with Crippen LogP contribution in [-0.4, -0.2) is 33.5 Å². The summed E-state index contributed by atoms with van der Waals surface area (Å²) < 4.78 is 3.27. The number of aliphatic carboxylic acids is 1.